The second kappa shape index (κ2) is 4.39. The lowest BCUT2D eigenvalue weighted by atomic mass is 9.88. The van der Waals surface area contributed by atoms with E-state index in [0.29, 0.717) is 11.3 Å². The van der Waals surface area contributed by atoms with Gasteiger partial charge in [0.2, 0.25) is 5.91 Å². The van der Waals surface area contributed by atoms with Crippen LogP contribution in [0.25, 0.3) is 0 Å². The number of aliphatic carboxylic acids is 1. The average Bonchev–Trinajstić information content (AvgIpc) is 2.60. The zero-order valence-electron chi connectivity index (χ0n) is 10.8. The van der Waals surface area contributed by atoms with Crippen LogP contribution in [0.3, 0.4) is 0 Å². The summed E-state index contributed by atoms with van der Waals surface area (Å²) in [5, 5.41) is 17.9. The zero-order valence-corrected chi connectivity index (χ0v) is 10.8. The number of amides is 1. The van der Waals surface area contributed by atoms with Crippen LogP contribution in [0.4, 0.5) is 5.69 Å². The normalized spacial score (nSPS) is 21.2. The van der Waals surface area contributed by atoms with Gasteiger partial charge in [-0.1, -0.05) is 0 Å². The fraction of sp³-hybridized carbons (Fsp3) is 0.357. The predicted molar refractivity (Wildman–Crippen MR) is 68.5 cm³/mol. The van der Waals surface area contributed by atoms with Crippen molar-refractivity contribution in [1.29, 1.82) is 5.26 Å². The maximum atomic E-state index is 12.1. The third-order valence-electron chi connectivity index (χ3n) is 3.61. The molecule has 1 aromatic carbocycles. The molecule has 2 rings (SSSR count). The monoisotopic (exact) mass is 258 g/mol. The molecule has 1 amide bonds. The number of carboxylic acids is 1. The molecule has 1 unspecified atom stereocenters. The van der Waals surface area contributed by atoms with E-state index >= 15 is 0 Å². The van der Waals surface area contributed by atoms with Crippen LogP contribution >= 0.6 is 0 Å². The third-order valence-corrected chi connectivity index (χ3v) is 3.61. The molecule has 1 aliphatic heterocycles. The molecule has 1 heterocycles. The van der Waals surface area contributed by atoms with Gasteiger partial charge < -0.3 is 10.0 Å². The van der Waals surface area contributed by atoms with Gasteiger partial charge in [-0.25, -0.2) is 0 Å². The van der Waals surface area contributed by atoms with Crippen molar-refractivity contribution in [3.8, 4) is 6.07 Å². The van der Waals surface area contributed by atoms with Crippen LogP contribution in [0, 0.1) is 17.2 Å². The van der Waals surface area contributed by atoms with Gasteiger partial charge in [0.1, 0.15) is 0 Å². The van der Waals surface area contributed by atoms with Crippen molar-refractivity contribution < 1.29 is 14.7 Å². The van der Waals surface area contributed by atoms with E-state index in [1.165, 1.54) is 4.90 Å². The van der Waals surface area contributed by atoms with Crippen molar-refractivity contribution in [2.45, 2.75) is 25.8 Å². The number of anilines is 1. The highest BCUT2D eigenvalue weighted by Gasteiger charge is 2.50. The van der Waals surface area contributed by atoms with Crippen LogP contribution < -0.4 is 4.90 Å². The number of carboxylic acid groups (broad SMARTS) is 1. The smallest absolute Gasteiger partial charge is 0.309 e. The van der Waals surface area contributed by atoms with Crippen LogP contribution in [-0.2, 0) is 9.59 Å². The molecule has 98 valence electrons. The van der Waals surface area contributed by atoms with Crippen LogP contribution in [0.1, 0.15) is 25.8 Å². The van der Waals surface area contributed by atoms with E-state index in [-0.39, 0.29) is 12.3 Å². The number of nitrogens with zero attached hydrogens (tertiary/aromatic N) is 2. The van der Waals surface area contributed by atoms with E-state index in [1.54, 1.807) is 38.1 Å². The van der Waals surface area contributed by atoms with Crippen molar-refractivity contribution in [1.82, 2.24) is 0 Å². The first kappa shape index (κ1) is 13.1. The highest BCUT2D eigenvalue weighted by Crippen LogP contribution is 2.39. The second-order valence-electron chi connectivity index (χ2n) is 5.14. The largest absolute Gasteiger partial charge is 0.481 e. The van der Waals surface area contributed by atoms with Gasteiger partial charge in [-0.15, -0.1) is 0 Å². The summed E-state index contributed by atoms with van der Waals surface area (Å²) in [4.78, 5) is 24.8. The maximum Gasteiger partial charge on any atom is 0.309 e. The lowest BCUT2D eigenvalue weighted by molar-refractivity contribution is -0.143. The van der Waals surface area contributed by atoms with E-state index in [4.69, 9.17) is 5.26 Å². The zero-order chi connectivity index (χ0) is 14.2. The Bertz CT molecular complexity index is 569. The lowest BCUT2D eigenvalue weighted by Gasteiger charge is -2.34. The summed E-state index contributed by atoms with van der Waals surface area (Å²) >= 11 is 0. The fourth-order valence-corrected chi connectivity index (χ4v) is 2.54. The van der Waals surface area contributed by atoms with Gasteiger partial charge in [0.15, 0.2) is 0 Å². The Morgan fingerprint density at radius 2 is 2.00 bits per heavy atom. The summed E-state index contributed by atoms with van der Waals surface area (Å²) in [6.45, 7) is 3.49. The third kappa shape index (κ3) is 2.06. The van der Waals surface area contributed by atoms with Gasteiger partial charge >= 0.3 is 5.97 Å². The Kier molecular flexibility index (Phi) is 3.03. The van der Waals surface area contributed by atoms with Crippen molar-refractivity contribution in [3.05, 3.63) is 29.8 Å². The number of hydrogen-bond donors (Lipinski definition) is 1. The van der Waals surface area contributed by atoms with Gasteiger partial charge in [-0.05, 0) is 38.1 Å². The molecule has 1 saturated heterocycles. The van der Waals surface area contributed by atoms with Crippen LogP contribution in [0.15, 0.2) is 24.3 Å². The van der Waals surface area contributed by atoms with E-state index in [2.05, 4.69) is 0 Å². The fourth-order valence-electron chi connectivity index (χ4n) is 2.54. The Hall–Kier alpha value is -2.35. The molecule has 1 fully saturated rings. The van der Waals surface area contributed by atoms with Crippen molar-refractivity contribution in [2.24, 2.45) is 5.92 Å². The summed E-state index contributed by atoms with van der Waals surface area (Å²) in [6, 6.07) is 8.58. The molecule has 0 bridgehead atoms. The number of carbonyl (C=O) groups excluding carboxylic acids is 1. The summed E-state index contributed by atoms with van der Waals surface area (Å²) < 4.78 is 0. The molecule has 0 aliphatic carbocycles. The molecule has 1 atom stereocenters. The molecule has 5 nitrogen and oxygen atoms in total. The predicted octanol–water partition coefficient (Wildman–Crippen LogP) is 1.77. The molecule has 1 N–H and O–H groups in total. The molecule has 19 heavy (non-hydrogen) atoms. The van der Waals surface area contributed by atoms with Gasteiger partial charge in [0, 0.05) is 12.1 Å². The van der Waals surface area contributed by atoms with E-state index in [0.717, 1.165) is 0 Å². The second-order valence-corrected chi connectivity index (χ2v) is 5.14. The van der Waals surface area contributed by atoms with Crippen molar-refractivity contribution in [3.63, 3.8) is 0 Å². The van der Waals surface area contributed by atoms with Crippen LogP contribution in [-0.4, -0.2) is 22.5 Å². The number of carbonyl (C=O) groups is 2. The Morgan fingerprint density at radius 1 is 1.42 bits per heavy atom. The Balaban J connectivity index is 2.41. The van der Waals surface area contributed by atoms with E-state index in [1.807, 2.05) is 6.07 Å². The van der Waals surface area contributed by atoms with Crippen LogP contribution in [0.5, 0.6) is 0 Å². The molecule has 0 aromatic heterocycles. The molecule has 5 heteroatoms. The number of rotatable bonds is 2. The lowest BCUT2D eigenvalue weighted by Crippen LogP contribution is -2.46. The minimum Gasteiger partial charge on any atom is -0.481 e. The molecule has 1 aromatic rings. The first-order valence-electron chi connectivity index (χ1n) is 5.94. The maximum absolute atomic E-state index is 12.1. The van der Waals surface area contributed by atoms with Crippen molar-refractivity contribution in [2.75, 3.05) is 4.90 Å². The molecule has 0 saturated carbocycles. The highest BCUT2D eigenvalue weighted by molar-refractivity contribution is 6.01. The standard InChI is InChI=1S/C14H14N2O3/c1-14(2)11(13(18)19)7-12(17)16(14)10-5-3-9(8-15)4-6-10/h3-6,11H,7H2,1-2H3,(H,18,19). The Labute approximate surface area is 111 Å². The van der Waals surface area contributed by atoms with Gasteiger partial charge in [0.25, 0.3) is 0 Å². The highest BCUT2D eigenvalue weighted by atomic mass is 16.4. The van der Waals surface area contributed by atoms with Crippen molar-refractivity contribution >= 4 is 17.6 Å². The quantitative estimate of drug-likeness (QED) is 0.876. The summed E-state index contributed by atoms with van der Waals surface area (Å²) in [7, 11) is 0. The Morgan fingerprint density at radius 3 is 2.42 bits per heavy atom. The molecular weight excluding hydrogens is 244 g/mol. The average molecular weight is 258 g/mol. The van der Waals surface area contributed by atoms with Crippen LogP contribution in [0.2, 0.25) is 0 Å². The summed E-state index contributed by atoms with van der Waals surface area (Å²) in [6.07, 6.45) is 0.00232. The van der Waals surface area contributed by atoms with Gasteiger partial charge in [-0.2, -0.15) is 5.26 Å². The number of hydrogen-bond acceptors (Lipinski definition) is 3. The minimum absolute atomic E-state index is 0.00232. The van der Waals surface area contributed by atoms with Gasteiger partial charge in [0.05, 0.1) is 23.1 Å². The van der Waals surface area contributed by atoms with E-state index in [9.17, 15) is 14.7 Å². The molecular formula is C14H14N2O3. The molecule has 0 radical (unpaired) electrons. The SMILES string of the molecule is CC1(C)C(C(=O)O)CC(=O)N1c1ccc(C#N)cc1. The van der Waals surface area contributed by atoms with E-state index < -0.39 is 17.4 Å². The first-order valence-corrected chi connectivity index (χ1v) is 5.94. The summed E-state index contributed by atoms with van der Waals surface area (Å²) in [5.41, 5.74) is 0.345. The van der Waals surface area contributed by atoms with Gasteiger partial charge in [-0.3, -0.25) is 9.59 Å². The number of benzene rings is 1. The summed E-state index contributed by atoms with van der Waals surface area (Å²) in [5.74, 6) is -1.90. The number of nitriles is 1. The molecule has 1 aliphatic rings. The topological polar surface area (TPSA) is 81.4 Å². The minimum atomic E-state index is -0.963. The molecule has 0 spiro atoms. The first-order chi connectivity index (χ1) is 8.87.